The molecule has 0 bridgehead atoms. The second-order valence-corrected chi connectivity index (χ2v) is 6.73. The zero-order chi connectivity index (χ0) is 16.7. The number of benzene rings is 2. The number of carbonyl (C=O) groups is 1. The molecule has 0 aromatic heterocycles. The highest BCUT2D eigenvalue weighted by molar-refractivity contribution is 7.83. The number of ether oxygens (including phenoxy) is 2. The summed E-state index contributed by atoms with van der Waals surface area (Å²) in [4.78, 5) is 12.0. The molecule has 0 aliphatic rings. The fourth-order valence-corrected chi connectivity index (χ4v) is 2.79. The van der Waals surface area contributed by atoms with E-state index in [-0.39, 0.29) is 13.2 Å². The van der Waals surface area contributed by atoms with Gasteiger partial charge in [-0.15, -0.1) is 0 Å². The summed E-state index contributed by atoms with van der Waals surface area (Å²) in [7, 11) is -0.951. The third-order valence-corrected chi connectivity index (χ3v) is 3.89. The van der Waals surface area contributed by atoms with Gasteiger partial charge in [0.2, 0.25) is 0 Å². The van der Waals surface area contributed by atoms with Gasteiger partial charge in [0.1, 0.15) is 19.0 Å². The van der Waals surface area contributed by atoms with Crippen molar-refractivity contribution in [2.75, 3.05) is 19.5 Å². The Balaban J connectivity index is 1.81. The minimum Gasteiger partial charge on any atom is -0.490 e. The maximum absolute atomic E-state index is 12.0. The van der Waals surface area contributed by atoms with Crippen LogP contribution in [0.3, 0.4) is 0 Å². The van der Waals surface area contributed by atoms with Crippen molar-refractivity contribution < 1.29 is 18.5 Å². The van der Waals surface area contributed by atoms with Crippen LogP contribution in [0, 0.1) is 0 Å². The summed E-state index contributed by atoms with van der Waals surface area (Å²) in [6.07, 6.45) is 1.62. The lowest BCUT2D eigenvalue weighted by molar-refractivity contribution is 0.0450. The van der Waals surface area contributed by atoms with Crippen LogP contribution in [0.4, 0.5) is 0 Å². The first-order valence-electron chi connectivity index (χ1n) is 6.99. The van der Waals surface area contributed by atoms with Crippen LogP contribution in [-0.4, -0.2) is 29.6 Å². The second kappa shape index (κ2) is 8.70. The number of carbonyl (C=O) groups excluding carboxylic acids is 1. The first-order chi connectivity index (χ1) is 11.0. The molecular weight excluding hydrogens is 336 g/mol. The largest absolute Gasteiger partial charge is 0.490 e. The van der Waals surface area contributed by atoms with E-state index >= 15 is 0 Å². The third-order valence-electron chi connectivity index (χ3n) is 2.91. The second-order valence-electron chi connectivity index (χ2n) is 4.86. The van der Waals surface area contributed by atoms with Gasteiger partial charge in [-0.2, -0.15) is 0 Å². The zero-order valence-electron chi connectivity index (χ0n) is 12.7. The summed E-state index contributed by atoms with van der Waals surface area (Å²) >= 11 is 5.85. The Morgan fingerprint density at radius 2 is 1.91 bits per heavy atom. The Labute approximate surface area is 142 Å². The van der Waals surface area contributed by atoms with Gasteiger partial charge in [-0.05, 0) is 35.9 Å². The molecule has 2 aromatic carbocycles. The van der Waals surface area contributed by atoms with E-state index in [4.69, 9.17) is 21.1 Å². The molecule has 2 rings (SSSR count). The molecule has 0 spiro atoms. The summed E-state index contributed by atoms with van der Waals surface area (Å²) in [5.41, 5.74) is 1.28. The van der Waals surface area contributed by atoms with Gasteiger partial charge in [-0.25, -0.2) is 4.79 Å². The summed E-state index contributed by atoms with van der Waals surface area (Å²) in [6.45, 7) is 0.375. The van der Waals surface area contributed by atoms with Crippen LogP contribution in [0.1, 0.15) is 15.9 Å². The van der Waals surface area contributed by atoms with E-state index in [0.29, 0.717) is 22.1 Å². The molecule has 6 heteroatoms. The Morgan fingerprint density at radius 3 is 2.65 bits per heavy atom. The molecule has 23 heavy (non-hydrogen) atoms. The SMILES string of the molecule is CS(=O)Cc1cccc(C(=O)OCCOc2cccc(Cl)c2)c1. The molecule has 0 saturated carbocycles. The number of hydrogen-bond acceptors (Lipinski definition) is 4. The van der Waals surface area contributed by atoms with Crippen molar-refractivity contribution >= 4 is 28.4 Å². The van der Waals surface area contributed by atoms with Crippen LogP contribution in [0.2, 0.25) is 5.02 Å². The molecule has 0 saturated heterocycles. The molecule has 122 valence electrons. The van der Waals surface area contributed by atoms with E-state index in [1.807, 2.05) is 6.07 Å². The lowest BCUT2D eigenvalue weighted by atomic mass is 10.1. The van der Waals surface area contributed by atoms with Gasteiger partial charge in [0.25, 0.3) is 0 Å². The van der Waals surface area contributed by atoms with Gasteiger partial charge in [0.05, 0.1) is 5.56 Å². The highest BCUT2D eigenvalue weighted by Gasteiger charge is 2.08. The van der Waals surface area contributed by atoms with Gasteiger partial charge >= 0.3 is 5.97 Å². The van der Waals surface area contributed by atoms with E-state index in [0.717, 1.165) is 5.56 Å². The monoisotopic (exact) mass is 352 g/mol. The predicted octanol–water partition coefficient (Wildman–Crippen LogP) is 3.45. The highest BCUT2D eigenvalue weighted by Crippen LogP contribution is 2.17. The quantitative estimate of drug-likeness (QED) is 0.565. The average molecular weight is 353 g/mol. The minimum absolute atomic E-state index is 0.134. The summed E-state index contributed by atoms with van der Waals surface area (Å²) in [6, 6.07) is 14.0. The van der Waals surface area contributed by atoms with Crippen molar-refractivity contribution in [1.29, 1.82) is 0 Å². The van der Waals surface area contributed by atoms with Crippen LogP contribution in [0.25, 0.3) is 0 Å². The molecule has 0 aliphatic heterocycles. The van der Waals surface area contributed by atoms with Gasteiger partial charge in [0.15, 0.2) is 0 Å². The third kappa shape index (κ3) is 6.04. The number of halogens is 1. The molecule has 1 unspecified atom stereocenters. The molecule has 0 aliphatic carbocycles. The van der Waals surface area contributed by atoms with E-state index in [1.165, 1.54) is 0 Å². The van der Waals surface area contributed by atoms with E-state index in [2.05, 4.69) is 0 Å². The smallest absolute Gasteiger partial charge is 0.338 e. The highest BCUT2D eigenvalue weighted by atomic mass is 35.5. The molecule has 0 heterocycles. The minimum atomic E-state index is -0.951. The van der Waals surface area contributed by atoms with Gasteiger partial charge in [-0.1, -0.05) is 29.8 Å². The number of esters is 1. The Bertz CT molecular complexity index is 702. The fourth-order valence-electron chi connectivity index (χ4n) is 1.96. The van der Waals surface area contributed by atoms with Crippen LogP contribution in [-0.2, 0) is 21.3 Å². The molecule has 0 amide bonds. The summed E-state index contributed by atoms with van der Waals surface area (Å²) in [5.74, 6) is 0.614. The molecule has 2 aromatic rings. The standard InChI is InChI=1S/C17H17ClO4S/c1-23(20)12-13-4-2-5-14(10-13)17(19)22-9-8-21-16-7-3-6-15(18)11-16/h2-7,10-11H,8-9,12H2,1H3. The first kappa shape index (κ1) is 17.5. The molecule has 0 radical (unpaired) electrons. The Kier molecular flexibility index (Phi) is 6.62. The predicted molar refractivity (Wildman–Crippen MR) is 91.4 cm³/mol. The molecular formula is C17H17ClO4S. The topological polar surface area (TPSA) is 52.6 Å². The molecule has 0 fully saturated rings. The maximum Gasteiger partial charge on any atom is 0.338 e. The van der Waals surface area contributed by atoms with Crippen LogP contribution < -0.4 is 4.74 Å². The number of hydrogen-bond donors (Lipinski definition) is 0. The van der Waals surface area contributed by atoms with E-state index in [9.17, 15) is 9.00 Å². The van der Waals surface area contributed by atoms with Crippen molar-refractivity contribution in [2.45, 2.75) is 5.75 Å². The lowest BCUT2D eigenvalue weighted by Crippen LogP contribution is -2.12. The molecule has 4 nitrogen and oxygen atoms in total. The Hall–Kier alpha value is -1.85. The molecule has 0 N–H and O–H groups in total. The van der Waals surface area contributed by atoms with E-state index < -0.39 is 16.8 Å². The molecule has 1 atom stereocenters. The van der Waals surface area contributed by atoms with Crippen molar-refractivity contribution in [1.82, 2.24) is 0 Å². The van der Waals surface area contributed by atoms with Gasteiger partial charge < -0.3 is 9.47 Å². The van der Waals surface area contributed by atoms with Crippen molar-refractivity contribution in [3.05, 3.63) is 64.7 Å². The van der Waals surface area contributed by atoms with Crippen molar-refractivity contribution in [3.8, 4) is 5.75 Å². The normalized spacial score (nSPS) is 11.7. The summed E-state index contributed by atoms with van der Waals surface area (Å²) in [5, 5.41) is 0.588. The maximum atomic E-state index is 12.0. The van der Waals surface area contributed by atoms with Crippen LogP contribution in [0.5, 0.6) is 5.75 Å². The fraction of sp³-hybridized carbons (Fsp3) is 0.235. The van der Waals surface area contributed by atoms with Crippen molar-refractivity contribution in [2.24, 2.45) is 0 Å². The van der Waals surface area contributed by atoms with Gasteiger partial charge in [0, 0.05) is 27.8 Å². The first-order valence-corrected chi connectivity index (χ1v) is 9.09. The number of rotatable bonds is 7. The van der Waals surface area contributed by atoms with Crippen LogP contribution >= 0.6 is 11.6 Å². The Morgan fingerprint density at radius 1 is 1.13 bits per heavy atom. The van der Waals surface area contributed by atoms with Crippen LogP contribution in [0.15, 0.2) is 48.5 Å². The average Bonchev–Trinajstić information content (AvgIpc) is 2.51. The van der Waals surface area contributed by atoms with E-state index in [1.54, 1.807) is 48.7 Å². The van der Waals surface area contributed by atoms with Gasteiger partial charge in [-0.3, -0.25) is 4.21 Å². The lowest BCUT2D eigenvalue weighted by Gasteiger charge is -2.08. The van der Waals surface area contributed by atoms with Crippen molar-refractivity contribution in [3.63, 3.8) is 0 Å². The zero-order valence-corrected chi connectivity index (χ0v) is 14.2. The summed E-state index contributed by atoms with van der Waals surface area (Å²) < 4.78 is 21.8.